The highest BCUT2D eigenvalue weighted by molar-refractivity contribution is 5.16. The molecule has 1 aliphatic rings. The minimum atomic E-state index is -0.453. The highest BCUT2D eigenvalue weighted by Crippen LogP contribution is 2.28. The quantitative estimate of drug-likeness (QED) is 0.848. The number of hydrogen-bond donors (Lipinski definition) is 1. The normalized spacial score (nSPS) is 16.3. The summed E-state index contributed by atoms with van der Waals surface area (Å²) in [6, 6.07) is 8.99. The van der Waals surface area contributed by atoms with Gasteiger partial charge in [-0.25, -0.2) is 4.39 Å². The number of aliphatic hydroxyl groups is 1. The zero-order valence-corrected chi connectivity index (χ0v) is 11.9. The smallest absolute Gasteiger partial charge is 0.123 e. The second-order valence-corrected chi connectivity index (χ2v) is 5.67. The standard InChI is InChI=1S/C16H20FN3O/c17-14-4-2-13(3-5-14)10-19(15-6-7-15)11-16(21)12-20-9-1-8-18-20/h1-5,8-9,15-16,21H,6-7,10-12H2. The van der Waals surface area contributed by atoms with Crippen LogP contribution < -0.4 is 0 Å². The summed E-state index contributed by atoms with van der Waals surface area (Å²) in [5.74, 6) is -0.213. The minimum absolute atomic E-state index is 0.213. The van der Waals surface area contributed by atoms with Crippen LogP contribution in [-0.2, 0) is 13.1 Å². The molecule has 112 valence electrons. The lowest BCUT2D eigenvalue weighted by molar-refractivity contribution is 0.0875. The number of benzene rings is 1. The lowest BCUT2D eigenvalue weighted by atomic mass is 10.2. The monoisotopic (exact) mass is 289 g/mol. The van der Waals surface area contributed by atoms with Crippen molar-refractivity contribution in [3.05, 3.63) is 54.1 Å². The Labute approximate surface area is 123 Å². The summed E-state index contributed by atoms with van der Waals surface area (Å²) in [5, 5.41) is 14.3. The molecule has 1 heterocycles. The van der Waals surface area contributed by atoms with Gasteiger partial charge in [-0.05, 0) is 36.6 Å². The molecule has 0 saturated heterocycles. The van der Waals surface area contributed by atoms with E-state index in [1.54, 1.807) is 10.9 Å². The molecule has 1 unspecified atom stereocenters. The SMILES string of the molecule is OC(CN(Cc1ccc(F)cc1)C1CC1)Cn1cccn1. The molecular formula is C16H20FN3O. The first-order chi connectivity index (χ1) is 10.2. The van der Waals surface area contributed by atoms with E-state index in [4.69, 9.17) is 0 Å². The lowest BCUT2D eigenvalue weighted by Crippen LogP contribution is -2.36. The fourth-order valence-electron chi connectivity index (χ4n) is 2.56. The van der Waals surface area contributed by atoms with Gasteiger partial charge in [0.05, 0.1) is 12.6 Å². The van der Waals surface area contributed by atoms with Crippen molar-refractivity contribution in [2.45, 2.75) is 38.1 Å². The predicted octanol–water partition coefficient (Wildman–Crippen LogP) is 2.05. The third-order valence-corrected chi connectivity index (χ3v) is 3.76. The molecule has 21 heavy (non-hydrogen) atoms. The summed E-state index contributed by atoms with van der Waals surface area (Å²) in [4.78, 5) is 2.28. The largest absolute Gasteiger partial charge is 0.390 e. The second kappa shape index (κ2) is 6.37. The van der Waals surface area contributed by atoms with E-state index in [1.807, 2.05) is 24.4 Å². The number of aliphatic hydroxyl groups excluding tert-OH is 1. The molecule has 0 amide bonds. The average molecular weight is 289 g/mol. The van der Waals surface area contributed by atoms with Crippen LogP contribution in [0.15, 0.2) is 42.7 Å². The van der Waals surface area contributed by atoms with Gasteiger partial charge in [-0.15, -0.1) is 0 Å². The van der Waals surface area contributed by atoms with E-state index in [0.29, 0.717) is 19.1 Å². The van der Waals surface area contributed by atoms with E-state index in [-0.39, 0.29) is 5.82 Å². The Hall–Kier alpha value is -1.72. The van der Waals surface area contributed by atoms with Crippen LogP contribution >= 0.6 is 0 Å². The maximum Gasteiger partial charge on any atom is 0.123 e. The molecule has 1 N–H and O–H groups in total. The molecule has 1 atom stereocenters. The van der Waals surface area contributed by atoms with Crippen molar-refractivity contribution >= 4 is 0 Å². The van der Waals surface area contributed by atoms with E-state index >= 15 is 0 Å². The van der Waals surface area contributed by atoms with Crippen molar-refractivity contribution in [1.29, 1.82) is 0 Å². The Kier molecular flexibility index (Phi) is 4.31. The van der Waals surface area contributed by atoms with E-state index in [2.05, 4.69) is 10.00 Å². The first-order valence-electron chi connectivity index (χ1n) is 7.35. The molecule has 3 rings (SSSR count). The van der Waals surface area contributed by atoms with Crippen molar-refractivity contribution in [1.82, 2.24) is 14.7 Å². The maximum absolute atomic E-state index is 13.0. The van der Waals surface area contributed by atoms with Gasteiger partial charge in [-0.3, -0.25) is 9.58 Å². The van der Waals surface area contributed by atoms with Gasteiger partial charge in [0.15, 0.2) is 0 Å². The summed E-state index contributed by atoms with van der Waals surface area (Å²) in [5.41, 5.74) is 1.08. The summed E-state index contributed by atoms with van der Waals surface area (Å²) < 4.78 is 14.7. The Bertz CT molecular complexity index is 551. The summed E-state index contributed by atoms with van der Waals surface area (Å²) in [6.45, 7) is 1.86. The molecule has 4 nitrogen and oxygen atoms in total. The van der Waals surface area contributed by atoms with Gasteiger partial charge < -0.3 is 5.11 Å². The topological polar surface area (TPSA) is 41.3 Å². The zero-order chi connectivity index (χ0) is 14.7. The molecule has 0 radical (unpaired) electrons. The van der Waals surface area contributed by atoms with E-state index in [1.165, 1.54) is 25.0 Å². The molecule has 1 saturated carbocycles. The summed E-state index contributed by atoms with van der Waals surface area (Å²) >= 11 is 0. The average Bonchev–Trinajstić information content (AvgIpc) is 3.19. The molecular weight excluding hydrogens is 269 g/mol. The third-order valence-electron chi connectivity index (χ3n) is 3.76. The Morgan fingerprint density at radius 3 is 2.71 bits per heavy atom. The van der Waals surface area contributed by atoms with Crippen LogP contribution in [0.5, 0.6) is 0 Å². The third kappa shape index (κ3) is 4.12. The summed E-state index contributed by atoms with van der Waals surface area (Å²) in [6.07, 6.45) is 5.46. The summed E-state index contributed by atoms with van der Waals surface area (Å²) in [7, 11) is 0. The molecule has 2 aromatic rings. The van der Waals surface area contributed by atoms with E-state index in [0.717, 1.165) is 12.1 Å². The molecule has 0 spiro atoms. The molecule has 0 bridgehead atoms. The van der Waals surface area contributed by atoms with Crippen molar-refractivity contribution < 1.29 is 9.50 Å². The minimum Gasteiger partial charge on any atom is -0.390 e. The van der Waals surface area contributed by atoms with Crippen LogP contribution in [0.3, 0.4) is 0 Å². The number of hydrogen-bond acceptors (Lipinski definition) is 3. The Balaban J connectivity index is 1.58. The lowest BCUT2D eigenvalue weighted by Gasteiger charge is -2.25. The van der Waals surface area contributed by atoms with Gasteiger partial charge in [0, 0.05) is 31.5 Å². The number of aromatic nitrogens is 2. The van der Waals surface area contributed by atoms with Crippen LogP contribution in [0, 0.1) is 5.82 Å². The van der Waals surface area contributed by atoms with Crippen LogP contribution in [0.1, 0.15) is 18.4 Å². The molecule has 1 aromatic heterocycles. The molecule has 1 aliphatic carbocycles. The van der Waals surface area contributed by atoms with Crippen molar-refractivity contribution in [3.63, 3.8) is 0 Å². The van der Waals surface area contributed by atoms with E-state index < -0.39 is 6.10 Å². The van der Waals surface area contributed by atoms with Crippen molar-refractivity contribution in [2.24, 2.45) is 0 Å². The first-order valence-corrected chi connectivity index (χ1v) is 7.35. The van der Waals surface area contributed by atoms with Crippen LogP contribution in [0.4, 0.5) is 4.39 Å². The highest BCUT2D eigenvalue weighted by atomic mass is 19.1. The molecule has 5 heteroatoms. The fraction of sp³-hybridized carbons (Fsp3) is 0.438. The first kappa shape index (κ1) is 14.2. The zero-order valence-electron chi connectivity index (χ0n) is 11.9. The van der Waals surface area contributed by atoms with Crippen molar-refractivity contribution in [2.75, 3.05) is 6.54 Å². The van der Waals surface area contributed by atoms with Crippen LogP contribution in [-0.4, -0.2) is 38.5 Å². The Morgan fingerprint density at radius 1 is 1.33 bits per heavy atom. The maximum atomic E-state index is 13.0. The van der Waals surface area contributed by atoms with Gasteiger partial charge in [0.25, 0.3) is 0 Å². The van der Waals surface area contributed by atoms with Gasteiger partial charge in [0.1, 0.15) is 5.82 Å². The fourth-order valence-corrected chi connectivity index (χ4v) is 2.56. The predicted molar refractivity (Wildman–Crippen MR) is 78.1 cm³/mol. The van der Waals surface area contributed by atoms with Crippen molar-refractivity contribution in [3.8, 4) is 0 Å². The van der Waals surface area contributed by atoms with E-state index in [9.17, 15) is 9.50 Å². The number of rotatable bonds is 7. The van der Waals surface area contributed by atoms with Gasteiger partial charge in [-0.2, -0.15) is 5.10 Å². The second-order valence-electron chi connectivity index (χ2n) is 5.67. The molecule has 1 aromatic carbocycles. The number of nitrogens with zero attached hydrogens (tertiary/aromatic N) is 3. The number of halogens is 1. The molecule has 1 fully saturated rings. The molecule has 0 aliphatic heterocycles. The van der Waals surface area contributed by atoms with Crippen LogP contribution in [0.25, 0.3) is 0 Å². The Morgan fingerprint density at radius 2 is 2.10 bits per heavy atom. The van der Waals surface area contributed by atoms with Gasteiger partial charge >= 0.3 is 0 Å². The highest BCUT2D eigenvalue weighted by Gasteiger charge is 2.30. The van der Waals surface area contributed by atoms with Gasteiger partial charge in [-0.1, -0.05) is 12.1 Å². The van der Waals surface area contributed by atoms with Crippen LogP contribution in [0.2, 0.25) is 0 Å². The van der Waals surface area contributed by atoms with Gasteiger partial charge in [0.2, 0.25) is 0 Å².